The second kappa shape index (κ2) is 13.1. The number of carbonyl (C=O) groups is 1. The van der Waals surface area contributed by atoms with Gasteiger partial charge >= 0.3 is 5.97 Å². The summed E-state index contributed by atoms with van der Waals surface area (Å²) in [6.07, 6.45) is 0.214. The summed E-state index contributed by atoms with van der Waals surface area (Å²) in [5, 5.41) is 31.0. The maximum Gasteiger partial charge on any atom is 0.330 e. The molecular weight excluding hydrogens is 496 g/mol. The van der Waals surface area contributed by atoms with E-state index in [9.17, 15) is 20.1 Å². The molecule has 202 valence electrons. The van der Waals surface area contributed by atoms with Crippen LogP contribution in [0.2, 0.25) is 0 Å². The van der Waals surface area contributed by atoms with Crippen molar-refractivity contribution >= 4 is 12.0 Å². The maximum atomic E-state index is 12.5. The summed E-state index contributed by atoms with van der Waals surface area (Å²) in [7, 11) is 5.63. The minimum Gasteiger partial charge on any atom is -0.508 e. The number of methoxy groups -OCH3 is 4. The van der Waals surface area contributed by atoms with Crippen molar-refractivity contribution in [1.29, 1.82) is 0 Å². The standard InChI is InChI=1S/C28H30O10/c1-33-20-6-5-7-21(34-2)28(20)38-24(16-37-25(30)13-10-17-8-11-19(29)12-9-17)26(31)18-14-22(35-3)27(32)23(15-18)36-4/h5-15,24,26,29,31-32H,16H2,1-4H3/b13-10+/t24-,26+/m1/s1. The van der Waals surface area contributed by atoms with Crippen LogP contribution >= 0.6 is 0 Å². The first kappa shape index (κ1) is 28.0. The monoisotopic (exact) mass is 526 g/mol. The van der Waals surface area contributed by atoms with E-state index in [0.717, 1.165) is 0 Å². The zero-order valence-electron chi connectivity index (χ0n) is 21.4. The number of ether oxygens (including phenoxy) is 6. The number of carbonyl (C=O) groups excluding carboxylic acids is 1. The van der Waals surface area contributed by atoms with Gasteiger partial charge in [-0.1, -0.05) is 18.2 Å². The Bertz CT molecular complexity index is 1210. The molecule has 3 aromatic rings. The highest BCUT2D eigenvalue weighted by atomic mass is 16.6. The SMILES string of the molecule is COc1cc([C@H](O)[C@@H](COC(=O)/C=C/c2ccc(O)cc2)Oc2c(OC)cccc2OC)cc(OC)c1O. The van der Waals surface area contributed by atoms with E-state index in [2.05, 4.69) is 0 Å². The smallest absolute Gasteiger partial charge is 0.330 e. The van der Waals surface area contributed by atoms with Gasteiger partial charge in [0.05, 0.1) is 28.4 Å². The average Bonchev–Trinajstić information content (AvgIpc) is 2.94. The van der Waals surface area contributed by atoms with Crippen LogP contribution < -0.4 is 23.7 Å². The van der Waals surface area contributed by atoms with Crippen molar-refractivity contribution in [2.75, 3.05) is 35.0 Å². The number of para-hydroxylation sites is 1. The Balaban J connectivity index is 1.90. The van der Waals surface area contributed by atoms with Crippen molar-refractivity contribution in [2.45, 2.75) is 12.2 Å². The highest BCUT2D eigenvalue weighted by molar-refractivity contribution is 5.87. The van der Waals surface area contributed by atoms with E-state index in [1.165, 1.54) is 64.9 Å². The normalized spacial score (nSPS) is 12.4. The predicted octanol–water partition coefficient (Wildman–Crippen LogP) is 3.87. The van der Waals surface area contributed by atoms with Crippen LogP contribution in [0.3, 0.4) is 0 Å². The van der Waals surface area contributed by atoms with Crippen LogP contribution in [0.4, 0.5) is 0 Å². The average molecular weight is 527 g/mol. The van der Waals surface area contributed by atoms with Crippen LogP contribution in [0.15, 0.2) is 60.7 Å². The van der Waals surface area contributed by atoms with Gasteiger partial charge in [-0.25, -0.2) is 4.79 Å². The lowest BCUT2D eigenvalue weighted by Gasteiger charge is -2.26. The number of aliphatic hydroxyl groups excluding tert-OH is 1. The zero-order valence-corrected chi connectivity index (χ0v) is 21.4. The molecule has 0 fully saturated rings. The minimum absolute atomic E-state index is 0.0702. The number of hydrogen-bond donors (Lipinski definition) is 3. The van der Waals surface area contributed by atoms with E-state index in [1.807, 2.05) is 0 Å². The molecule has 0 amide bonds. The van der Waals surface area contributed by atoms with Gasteiger partial charge in [0.15, 0.2) is 29.1 Å². The van der Waals surface area contributed by atoms with Crippen molar-refractivity contribution in [3.8, 4) is 40.2 Å². The molecule has 0 unspecified atom stereocenters. The molecule has 0 saturated carbocycles. The van der Waals surface area contributed by atoms with Gasteiger partial charge < -0.3 is 43.7 Å². The summed E-state index contributed by atoms with van der Waals surface area (Å²) in [6, 6.07) is 14.1. The molecule has 0 saturated heterocycles. The van der Waals surface area contributed by atoms with Gasteiger partial charge in [0.1, 0.15) is 18.5 Å². The summed E-state index contributed by atoms with van der Waals surface area (Å²) in [6.45, 7) is -0.368. The summed E-state index contributed by atoms with van der Waals surface area (Å²) >= 11 is 0. The first-order valence-corrected chi connectivity index (χ1v) is 11.5. The number of hydrogen-bond acceptors (Lipinski definition) is 10. The molecule has 0 aliphatic heterocycles. The third-order valence-electron chi connectivity index (χ3n) is 5.54. The summed E-state index contributed by atoms with van der Waals surface area (Å²) in [4.78, 5) is 12.5. The first-order valence-electron chi connectivity index (χ1n) is 11.5. The summed E-state index contributed by atoms with van der Waals surface area (Å²) in [5.74, 6) is 0.180. The molecule has 3 aromatic carbocycles. The minimum atomic E-state index is -1.37. The predicted molar refractivity (Wildman–Crippen MR) is 138 cm³/mol. The van der Waals surface area contributed by atoms with Gasteiger partial charge in [0, 0.05) is 6.08 Å². The van der Waals surface area contributed by atoms with Crippen LogP contribution in [0, 0.1) is 0 Å². The fourth-order valence-electron chi connectivity index (χ4n) is 3.54. The molecule has 0 heterocycles. The van der Waals surface area contributed by atoms with Crippen molar-refractivity contribution in [2.24, 2.45) is 0 Å². The van der Waals surface area contributed by atoms with Gasteiger partial charge in [-0.05, 0) is 53.6 Å². The zero-order chi connectivity index (χ0) is 27.7. The van der Waals surface area contributed by atoms with Gasteiger partial charge in [-0.2, -0.15) is 0 Å². The van der Waals surface area contributed by atoms with Gasteiger partial charge in [0.25, 0.3) is 0 Å². The van der Waals surface area contributed by atoms with E-state index < -0.39 is 18.2 Å². The molecule has 0 aliphatic rings. The number of rotatable bonds is 12. The molecule has 10 nitrogen and oxygen atoms in total. The van der Waals surface area contributed by atoms with E-state index in [4.69, 9.17) is 28.4 Å². The lowest BCUT2D eigenvalue weighted by Crippen LogP contribution is -2.31. The summed E-state index contributed by atoms with van der Waals surface area (Å²) in [5.41, 5.74) is 0.945. The van der Waals surface area contributed by atoms with Crippen LogP contribution in [0.5, 0.6) is 40.2 Å². The molecule has 3 rings (SSSR count). The van der Waals surface area contributed by atoms with Crippen molar-refractivity contribution in [3.63, 3.8) is 0 Å². The molecule has 38 heavy (non-hydrogen) atoms. The molecule has 2 atom stereocenters. The van der Waals surface area contributed by atoms with Crippen LogP contribution in [0.25, 0.3) is 6.08 Å². The Morgan fingerprint density at radius 2 is 1.39 bits per heavy atom. The second-order valence-electron chi connectivity index (χ2n) is 7.92. The molecule has 0 bridgehead atoms. The Labute approximate surface area is 220 Å². The number of benzene rings is 3. The highest BCUT2D eigenvalue weighted by Gasteiger charge is 2.29. The molecule has 0 radical (unpaired) electrons. The molecule has 3 N–H and O–H groups in total. The quantitative estimate of drug-likeness (QED) is 0.236. The summed E-state index contributed by atoms with van der Waals surface area (Å²) < 4.78 is 32.7. The largest absolute Gasteiger partial charge is 0.508 e. The lowest BCUT2D eigenvalue weighted by atomic mass is 10.0. The van der Waals surface area contributed by atoms with Crippen LogP contribution in [-0.2, 0) is 9.53 Å². The maximum absolute atomic E-state index is 12.5. The first-order chi connectivity index (χ1) is 18.3. The Morgan fingerprint density at radius 3 is 1.92 bits per heavy atom. The van der Waals surface area contributed by atoms with Crippen LogP contribution in [-0.4, -0.2) is 62.4 Å². The Morgan fingerprint density at radius 1 is 0.842 bits per heavy atom. The second-order valence-corrected chi connectivity index (χ2v) is 7.92. The molecule has 10 heteroatoms. The van der Waals surface area contributed by atoms with Crippen LogP contribution in [0.1, 0.15) is 17.2 Å². The lowest BCUT2D eigenvalue weighted by molar-refractivity contribution is -0.142. The molecule has 0 aromatic heterocycles. The van der Waals surface area contributed by atoms with Gasteiger partial charge in [-0.15, -0.1) is 0 Å². The van der Waals surface area contributed by atoms with Crippen molar-refractivity contribution < 1.29 is 48.5 Å². The number of phenolic OH excluding ortho intramolecular Hbond substituents is 2. The van der Waals surface area contributed by atoms with Gasteiger partial charge in [0.2, 0.25) is 11.5 Å². The van der Waals surface area contributed by atoms with Crippen molar-refractivity contribution in [3.05, 3.63) is 71.8 Å². The fourth-order valence-corrected chi connectivity index (χ4v) is 3.54. The molecule has 0 aliphatic carbocycles. The molecule has 0 spiro atoms. The van der Waals surface area contributed by atoms with E-state index in [0.29, 0.717) is 17.1 Å². The number of aliphatic hydroxyl groups is 1. The molecular formula is C28H30O10. The number of aromatic hydroxyl groups is 2. The number of phenols is 2. The van der Waals surface area contributed by atoms with E-state index >= 15 is 0 Å². The highest BCUT2D eigenvalue weighted by Crippen LogP contribution is 2.42. The van der Waals surface area contributed by atoms with E-state index in [-0.39, 0.29) is 40.9 Å². The third-order valence-corrected chi connectivity index (χ3v) is 5.54. The Hall–Kier alpha value is -4.57. The topological polar surface area (TPSA) is 133 Å². The fraction of sp³-hybridized carbons (Fsp3) is 0.250. The Kier molecular flexibility index (Phi) is 9.66. The van der Waals surface area contributed by atoms with Crippen molar-refractivity contribution in [1.82, 2.24) is 0 Å². The van der Waals surface area contributed by atoms with Gasteiger partial charge in [-0.3, -0.25) is 0 Å². The number of esters is 1. The third kappa shape index (κ3) is 6.80. The van der Waals surface area contributed by atoms with E-state index in [1.54, 1.807) is 30.3 Å².